The molecule has 2 aromatic carbocycles. The number of benzene rings is 2. The van der Waals surface area contributed by atoms with Gasteiger partial charge in [0.05, 0.1) is 6.10 Å². The SMILES string of the molecule is COCOC(CSc1ccccc1)CSc1ccccc1. The molecule has 2 nitrogen and oxygen atoms in total. The minimum absolute atomic E-state index is 0.167. The molecule has 0 unspecified atom stereocenters. The van der Waals surface area contributed by atoms with E-state index in [2.05, 4.69) is 48.5 Å². The standard InChI is InChI=1S/C17H20O2S2/c1-18-14-19-15(12-20-16-8-4-2-5-9-16)13-21-17-10-6-3-7-11-17/h2-11,15H,12-14H2,1H3. The fourth-order valence-electron chi connectivity index (χ4n) is 1.72. The number of ether oxygens (including phenoxy) is 2. The Bertz CT molecular complexity index is 447. The third kappa shape index (κ3) is 6.57. The lowest BCUT2D eigenvalue weighted by molar-refractivity contribution is -0.0555. The molecule has 0 fully saturated rings. The Morgan fingerprint density at radius 3 is 1.71 bits per heavy atom. The van der Waals surface area contributed by atoms with Gasteiger partial charge in [0, 0.05) is 28.4 Å². The van der Waals surface area contributed by atoms with Crippen LogP contribution in [0.4, 0.5) is 0 Å². The van der Waals surface area contributed by atoms with Gasteiger partial charge in [0.15, 0.2) is 0 Å². The first kappa shape index (κ1) is 16.4. The summed E-state index contributed by atoms with van der Waals surface area (Å²) in [6, 6.07) is 20.8. The quantitative estimate of drug-likeness (QED) is 0.498. The largest absolute Gasteiger partial charge is 0.359 e. The van der Waals surface area contributed by atoms with Crippen molar-refractivity contribution in [2.45, 2.75) is 15.9 Å². The van der Waals surface area contributed by atoms with Crippen molar-refractivity contribution < 1.29 is 9.47 Å². The van der Waals surface area contributed by atoms with Crippen LogP contribution in [0.2, 0.25) is 0 Å². The van der Waals surface area contributed by atoms with Crippen molar-refractivity contribution in [3.05, 3.63) is 60.7 Å². The highest BCUT2D eigenvalue weighted by molar-refractivity contribution is 8.00. The van der Waals surface area contributed by atoms with Gasteiger partial charge >= 0.3 is 0 Å². The van der Waals surface area contributed by atoms with Crippen LogP contribution in [0.25, 0.3) is 0 Å². The van der Waals surface area contributed by atoms with Crippen molar-refractivity contribution in [3.8, 4) is 0 Å². The molecule has 0 spiro atoms. The zero-order valence-electron chi connectivity index (χ0n) is 12.1. The fraction of sp³-hybridized carbons (Fsp3) is 0.294. The molecule has 0 radical (unpaired) electrons. The van der Waals surface area contributed by atoms with Crippen molar-refractivity contribution in [2.75, 3.05) is 25.4 Å². The van der Waals surface area contributed by atoms with Crippen LogP contribution < -0.4 is 0 Å². The normalized spacial score (nSPS) is 11.0. The molecule has 0 amide bonds. The highest BCUT2D eigenvalue weighted by Crippen LogP contribution is 2.24. The molecule has 2 aromatic rings. The van der Waals surface area contributed by atoms with E-state index in [4.69, 9.17) is 9.47 Å². The Morgan fingerprint density at radius 2 is 1.29 bits per heavy atom. The highest BCUT2D eigenvalue weighted by Gasteiger charge is 2.11. The molecule has 2 rings (SSSR count). The summed E-state index contributed by atoms with van der Waals surface area (Å²) in [5.74, 6) is 1.85. The van der Waals surface area contributed by atoms with E-state index in [0.29, 0.717) is 6.79 Å². The highest BCUT2D eigenvalue weighted by atomic mass is 32.2. The molecule has 0 atom stereocenters. The zero-order chi connectivity index (χ0) is 14.8. The van der Waals surface area contributed by atoms with Crippen molar-refractivity contribution in [1.82, 2.24) is 0 Å². The number of thioether (sulfide) groups is 2. The molecule has 112 valence electrons. The summed E-state index contributed by atoms with van der Waals surface area (Å²) < 4.78 is 10.8. The van der Waals surface area contributed by atoms with E-state index in [-0.39, 0.29) is 6.10 Å². The summed E-state index contributed by atoms with van der Waals surface area (Å²) in [6.07, 6.45) is 0.167. The molecular formula is C17H20O2S2. The first-order valence-corrected chi connectivity index (χ1v) is 8.82. The van der Waals surface area contributed by atoms with Gasteiger partial charge in [-0.05, 0) is 24.3 Å². The smallest absolute Gasteiger partial charge is 0.146 e. The predicted molar refractivity (Wildman–Crippen MR) is 91.1 cm³/mol. The van der Waals surface area contributed by atoms with Crippen LogP contribution in [-0.2, 0) is 9.47 Å². The number of hydrogen-bond donors (Lipinski definition) is 0. The Morgan fingerprint density at radius 1 is 0.810 bits per heavy atom. The van der Waals surface area contributed by atoms with Crippen molar-refractivity contribution in [2.24, 2.45) is 0 Å². The topological polar surface area (TPSA) is 18.5 Å². The molecule has 0 N–H and O–H groups in total. The van der Waals surface area contributed by atoms with Crippen LogP contribution in [0, 0.1) is 0 Å². The molecule has 0 heterocycles. The molecule has 0 saturated heterocycles. The third-order valence-corrected chi connectivity index (χ3v) is 5.07. The lowest BCUT2D eigenvalue weighted by Crippen LogP contribution is -2.20. The Hall–Kier alpha value is -0.940. The lowest BCUT2D eigenvalue weighted by Gasteiger charge is -2.17. The maximum absolute atomic E-state index is 5.77. The second kappa shape index (κ2) is 9.90. The van der Waals surface area contributed by atoms with Gasteiger partial charge in [0.25, 0.3) is 0 Å². The van der Waals surface area contributed by atoms with Crippen LogP contribution >= 0.6 is 23.5 Å². The van der Waals surface area contributed by atoms with E-state index >= 15 is 0 Å². The second-order valence-corrected chi connectivity index (χ2v) is 6.63. The minimum atomic E-state index is 0.167. The molecule has 4 heteroatoms. The minimum Gasteiger partial charge on any atom is -0.359 e. The summed E-state index contributed by atoms with van der Waals surface area (Å²) in [4.78, 5) is 2.54. The van der Waals surface area contributed by atoms with Gasteiger partial charge in [0.2, 0.25) is 0 Å². The fourth-order valence-corrected chi connectivity index (χ4v) is 3.75. The van der Waals surface area contributed by atoms with E-state index in [1.54, 1.807) is 7.11 Å². The molecule has 0 aliphatic heterocycles. The number of methoxy groups -OCH3 is 1. The Labute approximate surface area is 135 Å². The molecule has 0 aliphatic rings. The van der Waals surface area contributed by atoms with Crippen molar-refractivity contribution in [3.63, 3.8) is 0 Å². The predicted octanol–water partition coefficient (Wildman–Crippen LogP) is 4.56. The van der Waals surface area contributed by atoms with Crippen molar-refractivity contribution >= 4 is 23.5 Å². The second-order valence-electron chi connectivity index (χ2n) is 4.44. The molecule has 0 aromatic heterocycles. The summed E-state index contributed by atoms with van der Waals surface area (Å²) in [7, 11) is 1.66. The first-order valence-electron chi connectivity index (χ1n) is 6.84. The average Bonchev–Trinajstić information content (AvgIpc) is 2.56. The van der Waals surface area contributed by atoms with Crippen LogP contribution in [0.15, 0.2) is 70.5 Å². The van der Waals surface area contributed by atoms with Gasteiger partial charge in [-0.25, -0.2) is 0 Å². The molecular weight excluding hydrogens is 300 g/mol. The van der Waals surface area contributed by atoms with Gasteiger partial charge in [-0.3, -0.25) is 0 Å². The van der Waals surface area contributed by atoms with Crippen LogP contribution in [0.3, 0.4) is 0 Å². The molecule has 0 bridgehead atoms. The molecule has 0 saturated carbocycles. The number of hydrogen-bond acceptors (Lipinski definition) is 4. The van der Waals surface area contributed by atoms with E-state index in [0.717, 1.165) is 11.5 Å². The van der Waals surface area contributed by atoms with Gasteiger partial charge in [0.1, 0.15) is 6.79 Å². The molecule has 0 aliphatic carbocycles. The zero-order valence-corrected chi connectivity index (χ0v) is 13.7. The average molecular weight is 320 g/mol. The van der Waals surface area contributed by atoms with E-state index in [1.165, 1.54) is 9.79 Å². The third-order valence-electron chi connectivity index (χ3n) is 2.78. The van der Waals surface area contributed by atoms with Crippen LogP contribution in [-0.4, -0.2) is 31.5 Å². The van der Waals surface area contributed by atoms with Gasteiger partial charge in [-0.1, -0.05) is 36.4 Å². The summed E-state index contributed by atoms with van der Waals surface area (Å²) in [5, 5.41) is 0. The first-order chi connectivity index (χ1) is 10.4. The summed E-state index contributed by atoms with van der Waals surface area (Å²) >= 11 is 3.64. The van der Waals surface area contributed by atoms with E-state index in [1.807, 2.05) is 35.7 Å². The Balaban J connectivity index is 1.82. The summed E-state index contributed by atoms with van der Waals surface area (Å²) in [6.45, 7) is 0.343. The van der Waals surface area contributed by atoms with Crippen molar-refractivity contribution in [1.29, 1.82) is 0 Å². The maximum Gasteiger partial charge on any atom is 0.146 e. The molecule has 21 heavy (non-hydrogen) atoms. The van der Waals surface area contributed by atoms with E-state index in [9.17, 15) is 0 Å². The Kier molecular flexibility index (Phi) is 7.75. The van der Waals surface area contributed by atoms with Crippen LogP contribution in [0.1, 0.15) is 0 Å². The van der Waals surface area contributed by atoms with Gasteiger partial charge < -0.3 is 9.47 Å². The maximum atomic E-state index is 5.77. The lowest BCUT2D eigenvalue weighted by atomic mass is 10.4. The van der Waals surface area contributed by atoms with Crippen LogP contribution in [0.5, 0.6) is 0 Å². The monoisotopic (exact) mass is 320 g/mol. The number of rotatable bonds is 9. The van der Waals surface area contributed by atoms with E-state index < -0.39 is 0 Å². The summed E-state index contributed by atoms with van der Waals surface area (Å²) in [5.41, 5.74) is 0. The van der Waals surface area contributed by atoms with Gasteiger partial charge in [-0.15, -0.1) is 23.5 Å². The van der Waals surface area contributed by atoms with Gasteiger partial charge in [-0.2, -0.15) is 0 Å².